The Kier molecular flexibility index (Phi) is 5.57. The molecule has 0 aliphatic rings. The fraction of sp³-hybridized carbons (Fsp3) is 0.353. The van der Waals surface area contributed by atoms with Crippen molar-refractivity contribution in [3.63, 3.8) is 0 Å². The van der Waals surface area contributed by atoms with Crippen molar-refractivity contribution in [2.75, 3.05) is 0 Å². The van der Waals surface area contributed by atoms with E-state index in [1.807, 2.05) is 18.2 Å². The Morgan fingerprint density at radius 3 is 2.46 bits per heavy atom. The van der Waals surface area contributed by atoms with Gasteiger partial charge in [-0.15, -0.1) is 0 Å². The highest BCUT2D eigenvalue weighted by molar-refractivity contribution is 5.91. The Hall–Kier alpha value is -2.83. The Morgan fingerprint density at radius 2 is 1.92 bits per heavy atom. The molecular formula is C17H20N2O5. The molecule has 0 saturated carbocycles. The van der Waals surface area contributed by atoms with E-state index in [-0.39, 0.29) is 18.3 Å². The number of aromatic nitrogens is 1. The van der Waals surface area contributed by atoms with Crippen LogP contribution in [0.3, 0.4) is 0 Å². The molecule has 0 saturated heterocycles. The van der Waals surface area contributed by atoms with Crippen LogP contribution < -0.4 is 10.9 Å². The second-order valence-electron chi connectivity index (χ2n) is 5.62. The first-order valence-electron chi connectivity index (χ1n) is 7.59. The summed E-state index contributed by atoms with van der Waals surface area (Å²) in [7, 11) is 1.41. The van der Waals surface area contributed by atoms with Gasteiger partial charge in [0, 0.05) is 7.05 Å². The molecule has 24 heavy (non-hydrogen) atoms. The van der Waals surface area contributed by atoms with Gasteiger partial charge >= 0.3 is 5.97 Å². The molecule has 1 aromatic heterocycles. The molecule has 7 nitrogen and oxygen atoms in total. The second-order valence-corrected chi connectivity index (χ2v) is 5.62. The van der Waals surface area contributed by atoms with Crippen molar-refractivity contribution < 1.29 is 18.8 Å². The van der Waals surface area contributed by atoms with Gasteiger partial charge in [-0.05, 0) is 19.4 Å². The third kappa shape index (κ3) is 4.58. The lowest BCUT2D eigenvalue weighted by Gasteiger charge is -2.18. The van der Waals surface area contributed by atoms with E-state index in [0.29, 0.717) is 0 Å². The third-order valence-corrected chi connectivity index (χ3v) is 3.27. The number of aryl methyl sites for hydroxylation is 1. The summed E-state index contributed by atoms with van der Waals surface area (Å²) in [5.41, 5.74) is 0.334. The van der Waals surface area contributed by atoms with Gasteiger partial charge in [-0.2, -0.15) is 4.74 Å². The average molecular weight is 332 g/mol. The van der Waals surface area contributed by atoms with Crippen LogP contribution in [0.2, 0.25) is 0 Å². The average Bonchev–Trinajstić information content (AvgIpc) is 2.86. The second kappa shape index (κ2) is 7.63. The van der Waals surface area contributed by atoms with Crippen LogP contribution in [0.4, 0.5) is 0 Å². The predicted molar refractivity (Wildman–Crippen MR) is 86.4 cm³/mol. The van der Waals surface area contributed by atoms with Gasteiger partial charge in [0.25, 0.3) is 11.5 Å². The zero-order valence-corrected chi connectivity index (χ0v) is 13.8. The van der Waals surface area contributed by atoms with Crippen LogP contribution >= 0.6 is 0 Å². The molecule has 2 aromatic rings. The number of nitrogens with zero attached hydrogens (tertiary/aromatic N) is 1. The minimum absolute atomic E-state index is 0.0228. The van der Waals surface area contributed by atoms with Crippen molar-refractivity contribution in [3.05, 3.63) is 58.1 Å². The third-order valence-electron chi connectivity index (χ3n) is 3.27. The predicted octanol–water partition coefficient (Wildman–Crippen LogP) is 1.79. The minimum atomic E-state index is -0.588. The maximum atomic E-state index is 12.3. The first kappa shape index (κ1) is 17.5. The molecule has 0 spiro atoms. The largest absolute Gasteiger partial charge is 0.463 e. The van der Waals surface area contributed by atoms with Crippen molar-refractivity contribution >= 4 is 11.9 Å². The van der Waals surface area contributed by atoms with Gasteiger partial charge < -0.3 is 14.6 Å². The summed E-state index contributed by atoms with van der Waals surface area (Å²) in [6, 6.07) is 9.57. The number of nitrogens with one attached hydrogen (secondary N) is 1. The summed E-state index contributed by atoms with van der Waals surface area (Å²) in [6.45, 7) is 3.51. The summed E-state index contributed by atoms with van der Waals surface area (Å²) in [5.74, 6) is -1.10. The molecule has 7 heteroatoms. The van der Waals surface area contributed by atoms with Gasteiger partial charge in [-0.25, -0.2) is 0 Å². The highest BCUT2D eigenvalue weighted by Gasteiger charge is 2.22. The van der Waals surface area contributed by atoms with E-state index in [2.05, 4.69) is 5.32 Å². The first-order valence-corrected chi connectivity index (χ1v) is 7.59. The maximum Gasteiger partial charge on any atom is 0.308 e. The molecule has 0 bridgehead atoms. The van der Waals surface area contributed by atoms with Gasteiger partial charge in [0.1, 0.15) is 0 Å². The molecule has 0 aliphatic heterocycles. The molecule has 1 N–H and O–H groups in total. The maximum absolute atomic E-state index is 12.3. The van der Waals surface area contributed by atoms with Crippen LogP contribution in [0.5, 0.6) is 0 Å². The molecule has 1 aromatic carbocycles. The molecule has 0 fully saturated rings. The standard InChI is InChI=1S/C17H20N2O5/c1-11(2)23-16(21)9-13(12-7-5-4-6-8-12)18-17(22)14-10-15(20)19(3)24-14/h4-8,10-11,13H,9H2,1-3H3,(H,18,22)/t13-/m0/s1. The molecule has 0 radical (unpaired) electrons. The van der Waals surface area contributed by atoms with Crippen LogP contribution in [-0.2, 0) is 16.6 Å². The molecule has 0 unspecified atom stereocenters. The number of carbonyl (C=O) groups is 2. The number of carbonyl (C=O) groups excluding carboxylic acids is 2. The summed E-state index contributed by atoms with van der Waals surface area (Å²) in [5, 5.41) is 2.71. The normalized spacial score (nSPS) is 12.0. The van der Waals surface area contributed by atoms with Crippen molar-refractivity contribution in [1.29, 1.82) is 0 Å². The van der Waals surface area contributed by atoms with E-state index in [9.17, 15) is 14.4 Å². The first-order chi connectivity index (χ1) is 11.4. The number of esters is 1. The SMILES string of the molecule is CC(C)OC(=O)C[C@H](NC(=O)c1cc(=O)n(C)o1)c1ccccc1. The molecule has 1 heterocycles. The van der Waals surface area contributed by atoms with Crippen LogP contribution in [0, 0.1) is 0 Å². The summed E-state index contributed by atoms with van der Waals surface area (Å²) in [6.07, 6.45) is -0.262. The smallest absolute Gasteiger partial charge is 0.308 e. The van der Waals surface area contributed by atoms with E-state index in [4.69, 9.17) is 9.26 Å². The number of rotatable bonds is 6. The van der Waals surface area contributed by atoms with Gasteiger partial charge in [0.15, 0.2) is 0 Å². The van der Waals surface area contributed by atoms with Crippen molar-refractivity contribution in [1.82, 2.24) is 10.1 Å². The van der Waals surface area contributed by atoms with Gasteiger partial charge in [0.05, 0.1) is 24.6 Å². The van der Waals surface area contributed by atoms with Gasteiger partial charge in [-0.3, -0.25) is 14.4 Å². The number of hydrogen-bond acceptors (Lipinski definition) is 5. The molecule has 128 valence electrons. The zero-order valence-electron chi connectivity index (χ0n) is 13.8. The zero-order chi connectivity index (χ0) is 17.7. The summed E-state index contributed by atoms with van der Waals surface area (Å²) < 4.78 is 11.2. The molecule has 0 aliphatic carbocycles. The lowest BCUT2D eigenvalue weighted by Crippen LogP contribution is -2.31. The highest BCUT2D eigenvalue weighted by Crippen LogP contribution is 2.18. The Balaban J connectivity index is 2.18. The van der Waals surface area contributed by atoms with Gasteiger partial charge in [0.2, 0.25) is 5.76 Å². The van der Waals surface area contributed by atoms with Crippen LogP contribution in [-0.4, -0.2) is 22.7 Å². The quantitative estimate of drug-likeness (QED) is 0.815. The van der Waals surface area contributed by atoms with Gasteiger partial charge in [-0.1, -0.05) is 30.3 Å². The Labute approximate surface area is 139 Å². The van der Waals surface area contributed by atoms with Crippen LogP contribution in [0.1, 0.15) is 42.4 Å². The summed E-state index contributed by atoms with van der Waals surface area (Å²) >= 11 is 0. The lowest BCUT2D eigenvalue weighted by atomic mass is 10.0. The number of benzene rings is 1. The molecule has 2 rings (SSSR count). The number of amides is 1. The minimum Gasteiger partial charge on any atom is -0.463 e. The van der Waals surface area contributed by atoms with Crippen LogP contribution in [0.15, 0.2) is 45.7 Å². The van der Waals surface area contributed by atoms with Crippen molar-refractivity contribution in [3.8, 4) is 0 Å². The molecular weight excluding hydrogens is 312 g/mol. The fourth-order valence-corrected chi connectivity index (χ4v) is 2.17. The molecule has 1 amide bonds. The topological polar surface area (TPSA) is 90.5 Å². The fourth-order valence-electron chi connectivity index (χ4n) is 2.17. The highest BCUT2D eigenvalue weighted by atomic mass is 16.5. The monoisotopic (exact) mass is 332 g/mol. The Bertz CT molecular complexity index is 761. The van der Waals surface area contributed by atoms with E-state index in [1.165, 1.54) is 7.05 Å². The van der Waals surface area contributed by atoms with Crippen LogP contribution in [0.25, 0.3) is 0 Å². The van der Waals surface area contributed by atoms with E-state index in [0.717, 1.165) is 16.4 Å². The Morgan fingerprint density at radius 1 is 1.25 bits per heavy atom. The van der Waals surface area contributed by atoms with Crippen molar-refractivity contribution in [2.24, 2.45) is 7.05 Å². The lowest BCUT2D eigenvalue weighted by molar-refractivity contribution is -0.147. The van der Waals surface area contributed by atoms with Crippen molar-refractivity contribution in [2.45, 2.75) is 32.4 Å². The van der Waals surface area contributed by atoms with E-state index in [1.54, 1.807) is 26.0 Å². The van der Waals surface area contributed by atoms with E-state index < -0.39 is 23.5 Å². The molecule has 1 atom stereocenters. The number of ether oxygens (including phenoxy) is 1. The van der Waals surface area contributed by atoms with E-state index >= 15 is 0 Å². The summed E-state index contributed by atoms with van der Waals surface area (Å²) in [4.78, 5) is 35.7. The number of hydrogen-bond donors (Lipinski definition) is 1.